The summed E-state index contributed by atoms with van der Waals surface area (Å²) in [5, 5.41) is 9.20. The van der Waals surface area contributed by atoms with Gasteiger partial charge < -0.3 is 16.0 Å². The highest BCUT2D eigenvalue weighted by Gasteiger charge is 2.12. The van der Waals surface area contributed by atoms with E-state index in [9.17, 15) is 9.59 Å². The standard InChI is InChI=1S/C19H30N4O2.ClH/c1-14(2)12-18(24)22-17-5-4-16(13-15(17)3)19(25)21-8-11-23-9-6-20-7-10-23;/h4-5,13-14,20H,6-12H2,1-3H3,(H,21,25)(H,22,24);1H. The Hall–Kier alpha value is -1.63. The molecule has 2 rings (SSSR count). The molecule has 0 spiro atoms. The van der Waals surface area contributed by atoms with Crippen LogP contribution in [0.5, 0.6) is 0 Å². The van der Waals surface area contributed by atoms with Gasteiger partial charge in [-0.1, -0.05) is 13.8 Å². The van der Waals surface area contributed by atoms with Gasteiger partial charge in [-0.2, -0.15) is 0 Å². The second kappa shape index (κ2) is 11.2. The minimum Gasteiger partial charge on any atom is -0.351 e. The average Bonchev–Trinajstić information content (AvgIpc) is 2.57. The van der Waals surface area contributed by atoms with Crippen molar-refractivity contribution in [3.8, 4) is 0 Å². The van der Waals surface area contributed by atoms with Crippen LogP contribution in [0.25, 0.3) is 0 Å². The largest absolute Gasteiger partial charge is 0.351 e. The number of anilines is 1. The molecule has 1 aliphatic rings. The monoisotopic (exact) mass is 382 g/mol. The molecule has 1 saturated heterocycles. The fourth-order valence-electron chi connectivity index (χ4n) is 2.88. The number of rotatable bonds is 7. The minimum atomic E-state index is -0.0710. The van der Waals surface area contributed by atoms with E-state index in [0.717, 1.165) is 44.0 Å². The molecule has 0 unspecified atom stereocenters. The van der Waals surface area contributed by atoms with Crippen molar-refractivity contribution in [2.75, 3.05) is 44.6 Å². The first-order chi connectivity index (χ1) is 12.0. The summed E-state index contributed by atoms with van der Waals surface area (Å²) in [6.07, 6.45) is 0.494. The summed E-state index contributed by atoms with van der Waals surface area (Å²) in [7, 11) is 0. The zero-order valence-corrected chi connectivity index (χ0v) is 16.7. The molecule has 3 N–H and O–H groups in total. The maximum Gasteiger partial charge on any atom is 0.251 e. The molecule has 2 amide bonds. The molecule has 1 aromatic carbocycles. The number of nitrogens with one attached hydrogen (secondary N) is 3. The van der Waals surface area contributed by atoms with Gasteiger partial charge in [0.05, 0.1) is 0 Å². The maximum absolute atomic E-state index is 12.3. The molecule has 0 bridgehead atoms. The Balaban J connectivity index is 0.00000338. The third kappa shape index (κ3) is 7.32. The van der Waals surface area contributed by atoms with Crippen molar-refractivity contribution in [1.82, 2.24) is 15.5 Å². The van der Waals surface area contributed by atoms with Gasteiger partial charge in [0.25, 0.3) is 5.91 Å². The highest BCUT2D eigenvalue weighted by Crippen LogP contribution is 2.17. The van der Waals surface area contributed by atoms with Gasteiger partial charge >= 0.3 is 0 Å². The lowest BCUT2D eigenvalue weighted by Gasteiger charge is -2.27. The van der Waals surface area contributed by atoms with Crippen LogP contribution >= 0.6 is 12.4 Å². The van der Waals surface area contributed by atoms with E-state index in [4.69, 9.17) is 0 Å². The Morgan fingerprint density at radius 3 is 2.54 bits per heavy atom. The predicted molar refractivity (Wildman–Crippen MR) is 108 cm³/mol. The van der Waals surface area contributed by atoms with Crippen LogP contribution in [-0.2, 0) is 4.79 Å². The van der Waals surface area contributed by atoms with Crippen molar-refractivity contribution < 1.29 is 9.59 Å². The summed E-state index contributed by atoms with van der Waals surface area (Å²) >= 11 is 0. The number of carbonyl (C=O) groups is 2. The highest BCUT2D eigenvalue weighted by atomic mass is 35.5. The Morgan fingerprint density at radius 2 is 1.92 bits per heavy atom. The molecule has 26 heavy (non-hydrogen) atoms. The highest BCUT2D eigenvalue weighted by molar-refractivity contribution is 5.96. The molecule has 0 aromatic heterocycles. The second-order valence-corrected chi connectivity index (χ2v) is 7.02. The number of piperazine rings is 1. The molecule has 6 nitrogen and oxygen atoms in total. The van der Waals surface area contributed by atoms with Crippen molar-refractivity contribution in [2.24, 2.45) is 5.92 Å². The van der Waals surface area contributed by atoms with Crippen LogP contribution < -0.4 is 16.0 Å². The van der Waals surface area contributed by atoms with Crippen LogP contribution in [-0.4, -0.2) is 56.0 Å². The van der Waals surface area contributed by atoms with Crippen LogP contribution in [0.3, 0.4) is 0 Å². The summed E-state index contributed by atoms with van der Waals surface area (Å²) in [6.45, 7) is 11.5. The van der Waals surface area contributed by atoms with Crippen LogP contribution in [0.2, 0.25) is 0 Å². The van der Waals surface area contributed by atoms with Crippen LogP contribution in [0.15, 0.2) is 18.2 Å². The van der Waals surface area contributed by atoms with E-state index in [1.165, 1.54) is 0 Å². The smallest absolute Gasteiger partial charge is 0.251 e. The molecule has 1 fully saturated rings. The molecule has 1 heterocycles. The number of halogens is 1. The van der Waals surface area contributed by atoms with E-state index in [2.05, 4.69) is 20.9 Å². The zero-order valence-electron chi connectivity index (χ0n) is 15.9. The normalized spacial score (nSPS) is 14.6. The Bertz CT molecular complexity index is 601. The fraction of sp³-hybridized carbons (Fsp3) is 0.579. The molecule has 0 atom stereocenters. The third-order valence-electron chi connectivity index (χ3n) is 4.28. The van der Waals surface area contributed by atoms with Crippen molar-refractivity contribution >= 4 is 29.9 Å². The molecule has 146 valence electrons. The Labute approximate surface area is 162 Å². The van der Waals surface area contributed by atoms with Gasteiger partial charge in [0.1, 0.15) is 0 Å². The molecular formula is C19H31ClN4O2. The van der Waals surface area contributed by atoms with Gasteiger partial charge in [0, 0.05) is 56.9 Å². The topological polar surface area (TPSA) is 73.5 Å². The van der Waals surface area contributed by atoms with Gasteiger partial charge in [0.2, 0.25) is 5.91 Å². The summed E-state index contributed by atoms with van der Waals surface area (Å²) in [5.41, 5.74) is 2.29. The summed E-state index contributed by atoms with van der Waals surface area (Å²) in [5.74, 6) is 0.255. The van der Waals surface area contributed by atoms with Gasteiger partial charge in [-0.3, -0.25) is 14.5 Å². The first-order valence-electron chi connectivity index (χ1n) is 9.07. The molecule has 1 aliphatic heterocycles. The average molecular weight is 383 g/mol. The van der Waals surface area contributed by atoms with Gasteiger partial charge in [-0.05, 0) is 36.6 Å². The molecule has 0 radical (unpaired) electrons. The van der Waals surface area contributed by atoms with Crippen molar-refractivity contribution in [1.29, 1.82) is 0 Å². The number of amides is 2. The van der Waals surface area contributed by atoms with Crippen molar-refractivity contribution in [2.45, 2.75) is 27.2 Å². The van der Waals surface area contributed by atoms with E-state index in [1.54, 1.807) is 12.1 Å². The predicted octanol–water partition coefficient (Wildman–Crippen LogP) is 2.04. The Kier molecular flexibility index (Phi) is 9.62. The van der Waals surface area contributed by atoms with E-state index >= 15 is 0 Å². The summed E-state index contributed by atoms with van der Waals surface area (Å²) < 4.78 is 0. The summed E-state index contributed by atoms with van der Waals surface area (Å²) in [4.78, 5) is 26.5. The Morgan fingerprint density at radius 1 is 1.23 bits per heavy atom. The number of aryl methyl sites for hydroxylation is 1. The van der Waals surface area contributed by atoms with Crippen molar-refractivity contribution in [3.05, 3.63) is 29.3 Å². The van der Waals surface area contributed by atoms with E-state index in [1.807, 2.05) is 26.8 Å². The van der Waals surface area contributed by atoms with Crippen LogP contribution in [0, 0.1) is 12.8 Å². The number of hydrogen-bond donors (Lipinski definition) is 3. The fourth-order valence-corrected chi connectivity index (χ4v) is 2.88. The van der Waals surface area contributed by atoms with Crippen LogP contribution in [0.4, 0.5) is 5.69 Å². The van der Waals surface area contributed by atoms with Crippen molar-refractivity contribution in [3.63, 3.8) is 0 Å². The second-order valence-electron chi connectivity index (χ2n) is 7.02. The zero-order chi connectivity index (χ0) is 18.2. The van der Waals surface area contributed by atoms with E-state index in [0.29, 0.717) is 24.4 Å². The molecule has 0 aliphatic carbocycles. The van der Waals surface area contributed by atoms with E-state index < -0.39 is 0 Å². The number of nitrogens with zero attached hydrogens (tertiary/aromatic N) is 1. The molecular weight excluding hydrogens is 352 g/mol. The number of benzene rings is 1. The lowest BCUT2D eigenvalue weighted by atomic mass is 10.1. The molecule has 1 aromatic rings. The van der Waals surface area contributed by atoms with E-state index in [-0.39, 0.29) is 24.2 Å². The number of hydrogen-bond acceptors (Lipinski definition) is 4. The SMILES string of the molecule is Cc1cc(C(=O)NCCN2CCNCC2)ccc1NC(=O)CC(C)C.Cl. The quantitative estimate of drug-likeness (QED) is 0.674. The number of carbonyl (C=O) groups excluding carboxylic acids is 2. The molecule has 7 heteroatoms. The van der Waals surface area contributed by atoms with Gasteiger partial charge in [0.15, 0.2) is 0 Å². The maximum atomic E-state index is 12.3. The third-order valence-corrected chi connectivity index (χ3v) is 4.28. The molecule has 0 saturated carbocycles. The first-order valence-corrected chi connectivity index (χ1v) is 9.07. The lowest BCUT2D eigenvalue weighted by Crippen LogP contribution is -2.46. The lowest BCUT2D eigenvalue weighted by molar-refractivity contribution is -0.116. The minimum absolute atomic E-state index is 0. The van der Waals surface area contributed by atoms with Crippen LogP contribution in [0.1, 0.15) is 36.2 Å². The van der Waals surface area contributed by atoms with Gasteiger partial charge in [-0.25, -0.2) is 0 Å². The first kappa shape index (κ1) is 22.4. The van der Waals surface area contributed by atoms with Gasteiger partial charge in [-0.15, -0.1) is 12.4 Å². The summed E-state index contributed by atoms with van der Waals surface area (Å²) in [6, 6.07) is 5.39.